The number of para-hydroxylation sites is 1. The van der Waals surface area contributed by atoms with Gasteiger partial charge in [-0.3, -0.25) is 9.98 Å². The Hall–Kier alpha value is -2.42. The van der Waals surface area contributed by atoms with Crippen LogP contribution in [0, 0.1) is 0 Å². The van der Waals surface area contributed by atoms with E-state index in [1.807, 2.05) is 43.0 Å². The molecular formula is C15H13N3. The molecule has 2 heterocycles. The first-order valence-electron chi connectivity index (χ1n) is 5.88. The van der Waals surface area contributed by atoms with E-state index in [0.29, 0.717) is 0 Å². The molecule has 18 heavy (non-hydrogen) atoms. The van der Waals surface area contributed by atoms with Gasteiger partial charge in [0.2, 0.25) is 0 Å². The van der Waals surface area contributed by atoms with Gasteiger partial charge in [-0.25, -0.2) is 0 Å². The van der Waals surface area contributed by atoms with E-state index in [-0.39, 0.29) is 0 Å². The third kappa shape index (κ3) is 2.15. The molecule has 1 aliphatic rings. The van der Waals surface area contributed by atoms with E-state index >= 15 is 0 Å². The van der Waals surface area contributed by atoms with Gasteiger partial charge in [0.1, 0.15) is 0 Å². The fraction of sp³-hybridized carbons (Fsp3) is 0.0667. The summed E-state index contributed by atoms with van der Waals surface area (Å²) in [6.45, 7) is 0.796. The van der Waals surface area contributed by atoms with Crippen LogP contribution in [-0.4, -0.2) is 11.2 Å². The molecule has 0 N–H and O–H groups in total. The SMILES string of the molecule is C1=CN(Cc2cccnc2)c2ccccc2C=N1. The smallest absolute Gasteiger partial charge is 0.0498 e. The van der Waals surface area contributed by atoms with E-state index < -0.39 is 0 Å². The van der Waals surface area contributed by atoms with Crippen molar-refractivity contribution in [1.82, 2.24) is 4.98 Å². The largest absolute Gasteiger partial charge is 0.341 e. The molecule has 1 aromatic heterocycles. The molecule has 0 aliphatic carbocycles. The van der Waals surface area contributed by atoms with Crippen LogP contribution >= 0.6 is 0 Å². The van der Waals surface area contributed by atoms with Crippen LogP contribution in [0.2, 0.25) is 0 Å². The van der Waals surface area contributed by atoms with E-state index in [1.54, 1.807) is 6.20 Å². The number of fused-ring (bicyclic) bond motifs is 1. The first-order valence-corrected chi connectivity index (χ1v) is 5.88. The molecular weight excluding hydrogens is 222 g/mol. The van der Waals surface area contributed by atoms with Gasteiger partial charge in [0, 0.05) is 48.8 Å². The monoisotopic (exact) mass is 235 g/mol. The lowest BCUT2D eigenvalue weighted by atomic mass is 10.1. The molecule has 0 saturated carbocycles. The summed E-state index contributed by atoms with van der Waals surface area (Å²) in [6, 6.07) is 12.3. The second kappa shape index (κ2) is 4.84. The van der Waals surface area contributed by atoms with Gasteiger partial charge < -0.3 is 4.90 Å². The lowest BCUT2D eigenvalue weighted by Crippen LogP contribution is -2.16. The van der Waals surface area contributed by atoms with Crippen LogP contribution in [0.3, 0.4) is 0 Å². The molecule has 3 rings (SSSR count). The Balaban J connectivity index is 1.94. The van der Waals surface area contributed by atoms with Crippen LogP contribution in [-0.2, 0) is 6.54 Å². The molecule has 1 aliphatic heterocycles. The van der Waals surface area contributed by atoms with Crippen LogP contribution < -0.4 is 4.90 Å². The summed E-state index contributed by atoms with van der Waals surface area (Å²) >= 11 is 0. The number of pyridine rings is 1. The van der Waals surface area contributed by atoms with Crippen molar-refractivity contribution in [1.29, 1.82) is 0 Å². The number of hydrogen-bond acceptors (Lipinski definition) is 3. The van der Waals surface area contributed by atoms with Crippen molar-refractivity contribution < 1.29 is 0 Å². The lowest BCUT2D eigenvalue weighted by molar-refractivity contribution is 0.956. The summed E-state index contributed by atoms with van der Waals surface area (Å²) < 4.78 is 0. The van der Waals surface area contributed by atoms with Crippen molar-refractivity contribution in [3.63, 3.8) is 0 Å². The highest BCUT2D eigenvalue weighted by Gasteiger charge is 2.09. The zero-order chi connectivity index (χ0) is 12.2. The molecule has 3 heteroatoms. The van der Waals surface area contributed by atoms with Gasteiger partial charge in [0.25, 0.3) is 0 Å². The van der Waals surface area contributed by atoms with Crippen molar-refractivity contribution in [3.8, 4) is 0 Å². The number of hydrogen-bond donors (Lipinski definition) is 0. The van der Waals surface area contributed by atoms with Crippen molar-refractivity contribution in [3.05, 3.63) is 72.3 Å². The summed E-state index contributed by atoms with van der Waals surface area (Å²) in [5.41, 5.74) is 3.48. The number of benzene rings is 1. The van der Waals surface area contributed by atoms with Gasteiger partial charge >= 0.3 is 0 Å². The van der Waals surface area contributed by atoms with Crippen LogP contribution in [0.15, 0.2) is 66.2 Å². The average molecular weight is 235 g/mol. The zero-order valence-electron chi connectivity index (χ0n) is 9.90. The van der Waals surface area contributed by atoms with E-state index in [2.05, 4.69) is 33.1 Å². The number of rotatable bonds is 2. The van der Waals surface area contributed by atoms with E-state index in [0.717, 1.165) is 12.1 Å². The topological polar surface area (TPSA) is 28.5 Å². The quantitative estimate of drug-likeness (QED) is 0.800. The average Bonchev–Trinajstić information content (AvgIpc) is 2.63. The van der Waals surface area contributed by atoms with Crippen LogP contribution in [0.25, 0.3) is 0 Å². The summed E-state index contributed by atoms with van der Waals surface area (Å²) in [5, 5.41) is 0. The lowest BCUT2D eigenvalue weighted by Gasteiger charge is -2.21. The standard InChI is InChI=1S/C15H13N3/c1-2-6-15-14(5-1)11-17-8-9-18(15)12-13-4-3-7-16-10-13/h1-11H,12H2. The van der Waals surface area contributed by atoms with Crippen molar-refractivity contribution >= 4 is 11.9 Å². The van der Waals surface area contributed by atoms with E-state index in [9.17, 15) is 0 Å². The van der Waals surface area contributed by atoms with Crippen molar-refractivity contribution in [2.24, 2.45) is 4.99 Å². The molecule has 0 atom stereocenters. The van der Waals surface area contributed by atoms with Crippen molar-refractivity contribution in [2.45, 2.75) is 6.54 Å². The predicted molar refractivity (Wildman–Crippen MR) is 73.6 cm³/mol. The number of aromatic nitrogens is 1. The van der Waals surface area contributed by atoms with Crippen LogP contribution in [0.5, 0.6) is 0 Å². The molecule has 0 fully saturated rings. The van der Waals surface area contributed by atoms with Gasteiger partial charge in [-0.1, -0.05) is 24.3 Å². The third-order valence-corrected chi connectivity index (χ3v) is 2.87. The second-order valence-electron chi connectivity index (χ2n) is 4.12. The highest BCUT2D eigenvalue weighted by molar-refractivity contribution is 5.89. The Morgan fingerprint density at radius 3 is 2.89 bits per heavy atom. The summed E-state index contributed by atoms with van der Waals surface area (Å²) in [4.78, 5) is 10.6. The summed E-state index contributed by atoms with van der Waals surface area (Å²) in [7, 11) is 0. The molecule has 1 aromatic carbocycles. The maximum Gasteiger partial charge on any atom is 0.0498 e. The minimum Gasteiger partial charge on any atom is -0.341 e. The Morgan fingerprint density at radius 1 is 1.06 bits per heavy atom. The minimum atomic E-state index is 0.796. The van der Waals surface area contributed by atoms with E-state index in [1.165, 1.54) is 11.3 Å². The molecule has 0 unspecified atom stereocenters. The summed E-state index contributed by atoms with van der Waals surface area (Å²) in [6.07, 6.45) is 9.38. The predicted octanol–water partition coefficient (Wildman–Crippen LogP) is 2.99. The van der Waals surface area contributed by atoms with Gasteiger partial charge in [-0.2, -0.15) is 0 Å². The van der Waals surface area contributed by atoms with Gasteiger partial charge in [0.15, 0.2) is 0 Å². The van der Waals surface area contributed by atoms with Crippen LogP contribution in [0.4, 0.5) is 5.69 Å². The molecule has 0 spiro atoms. The van der Waals surface area contributed by atoms with Gasteiger partial charge in [0.05, 0.1) is 0 Å². The normalized spacial score (nSPS) is 13.2. The first kappa shape index (κ1) is 10.7. The molecule has 0 radical (unpaired) electrons. The van der Waals surface area contributed by atoms with Gasteiger partial charge in [-0.05, 0) is 17.7 Å². The molecule has 0 bridgehead atoms. The zero-order valence-corrected chi connectivity index (χ0v) is 9.90. The molecule has 0 saturated heterocycles. The Morgan fingerprint density at radius 2 is 2.00 bits per heavy atom. The van der Waals surface area contributed by atoms with E-state index in [4.69, 9.17) is 0 Å². The third-order valence-electron chi connectivity index (χ3n) is 2.87. The fourth-order valence-corrected chi connectivity index (χ4v) is 2.01. The minimum absolute atomic E-state index is 0.796. The molecule has 88 valence electrons. The number of aliphatic imine (C=N–C) groups is 1. The van der Waals surface area contributed by atoms with Gasteiger partial charge in [-0.15, -0.1) is 0 Å². The highest BCUT2D eigenvalue weighted by atomic mass is 15.1. The van der Waals surface area contributed by atoms with Crippen molar-refractivity contribution in [2.75, 3.05) is 4.90 Å². The Bertz CT molecular complexity index is 588. The fourth-order valence-electron chi connectivity index (χ4n) is 2.01. The highest BCUT2D eigenvalue weighted by Crippen LogP contribution is 2.23. The molecule has 2 aromatic rings. The Labute approximate surface area is 106 Å². The maximum atomic E-state index is 4.24. The molecule has 3 nitrogen and oxygen atoms in total. The Kier molecular flexibility index (Phi) is 2.88. The first-order chi connectivity index (χ1) is 8.93. The maximum absolute atomic E-state index is 4.24. The van der Waals surface area contributed by atoms with Crippen LogP contribution in [0.1, 0.15) is 11.1 Å². The molecule has 0 amide bonds. The number of nitrogens with zero attached hydrogens (tertiary/aromatic N) is 3. The second-order valence-corrected chi connectivity index (χ2v) is 4.12. The number of anilines is 1. The summed E-state index contributed by atoms with van der Waals surface area (Å²) in [5.74, 6) is 0.